The maximum atomic E-state index is 13.0. The van der Waals surface area contributed by atoms with E-state index < -0.39 is 12.0 Å². The Morgan fingerprint density at radius 2 is 2.18 bits per heavy atom. The zero-order valence-corrected chi connectivity index (χ0v) is 6.39. The number of ether oxygens (including phenoxy) is 1. The molecule has 2 heterocycles. The van der Waals surface area contributed by atoms with Crippen LogP contribution in [0.5, 0.6) is 0 Å². The summed E-state index contributed by atoms with van der Waals surface area (Å²) in [6, 6.07) is -0.745. The number of nitrogens with zero attached hydrogens (tertiary/aromatic N) is 1. The molecule has 0 aliphatic carbocycles. The third-order valence-corrected chi connectivity index (χ3v) is 2.65. The van der Waals surface area contributed by atoms with E-state index in [9.17, 15) is 8.78 Å². The van der Waals surface area contributed by atoms with Gasteiger partial charge in [0.1, 0.15) is 0 Å². The molecule has 2 bridgehead atoms. The zero-order chi connectivity index (χ0) is 8.06. The Labute approximate surface area is 64.1 Å². The van der Waals surface area contributed by atoms with Crippen molar-refractivity contribution in [3.05, 3.63) is 0 Å². The normalized spacial score (nSPS) is 42.8. The third kappa shape index (κ3) is 0.964. The summed E-state index contributed by atoms with van der Waals surface area (Å²) >= 11 is 0. The number of hydrogen-bond donors (Lipinski definition) is 0. The van der Waals surface area contributed by atoms with Crippen molar-refractivity contribution in [2.45, 2.75) is 24.4 Å². The maximum Gasteiger partial charge on any atom is 0.267 e. The van der Waals surface area contributed by atoms with Crippen LogP contribution in [0, 0.1) is 0 Å². The summed E-state index contributed by atoms with van der Waals surface area (Å²) in [5, 5.41) is 0. The highest BCUT2D eigenvalue weighted by Crippen LogP contribution is 2.39. The minimum Gasteiger partial charge on any atom is -0.378 e. The highest BCUT2D eigenvalue weighted by Gasteiger charge is 2.54. The van der Waals surface area contributed by atoms with E-state index in [1.165, 1.54) is 0 Å². The van der Waals surface area contributed by atoms with Gasteiger partial charge in [0.05, 0.1) is 19.3 Å². The molecule has 2 fully saturated rings. The van der Waals surface area contributed by atoms with Gasteiger partial charge in [-0.25, -0.2) is 8.78 Å². The quantitative estimate of drug-likeness (QED) is 0.522. The molecule has 2 aliphatic heterocycles. The Bertz CT molecular complexity index is 174. The van der Waals surface area contributed by atoms with Gasteiger partial charge >= 0.3 is 0 Å². The van der Waals surface area contributed by atoms with Gasteiger partial charge in [0.25, 0.3) is 5.92 Å². The molecule has 64 valence electrons. The minimum absolute atomic E-state index is 0.0336. The van der Waals surface area contributed by atoms with E-state index in [-0.39, 0.29) is 19.1 Å². The van der Waals surface area contributed by atoms with E-state index in [1.54, 1.807) is 11.9 Å². The number of alkyl halides is 2. The lowest BCUT2D eigenvalue weighted by atomic mass is 10.1. The summed E-state index contributed by atoms with van der Waals surface area (Å²) in [6.07, 6.45) is -0.0336. The molecule has 2 nitrogen and oxygen atoms in total. The monoisotopic (exact) mass is 163 g/mol. The second-order valence-electron chi connectivity index (χ2n) is 3.34. The van der Waals surface area contributed by atoms with Gasteiger partial charge in [-0.05, 0) is 7.05 Å². The van der Waals surface area contributed by atoms with E-state index in [0.29, 0.717) is 6.61 Å². The number of morpholine rings is 1. The van der Waals surface area contributed by atoms with E-state index in [2.05, 4.69) is 0 Å². The van der Waals surface area contributed by atoms with Crippen molar-refractivity contribution in [3.63, 3.8) is 0 Å². The van der Waals surface area contributed by atoms with Crippen LogP contribution in [0.15, 0.2) is 0 Å². The number of fused-ring (bicyclic) bond motifs is 2. The summed E-state index contributed by atoms with van der Waals surface area (Å²) < 4.78 is 31.1. The van der Waals surface area contributed by atoms with Crippen molar-refractivity contribution in [1.82, 2.24) is 4.90 Å². The third-order valence-electron chi connectivity index (χ3n) is 2.65. The van der Waals surface area contributed by atoms with Gasteiger partial charge in [-0.2, -0.15) is 0 Å². The van der Waals surface area contributed by atoms with Crippen LogP contribution < -0.4 is 0 Å². The van der Waals surface area contributed by atoms with Crippen molar-refractivity contribution < 1.29 is 13.5 Å². The zero-order valence-electron chi connectivity index (χ0n) is 6.39. The molecule has 0 spiro atoms. The summed E-state index contributed by atoms with van der Waals surface area (Å²) in [7, 11) is 1.75. The Hall–Kier alpha value is -0.220. The number of rotatable bonds is 0. The molecule has 2 saturated heterocycles. The molecule has 0 N–H and O–H groups in total. The highest BCUT2D eigenvalue weighted by molar-refractivity contribution is 5.00. The number of likely N-dealkylation sites (N-methyl/N-ethyl adjacent to an activating group) is 1. The summed E-state index contributed by atoms with van der Waals surface area (Å²) in [6.45, 7) is 0.641. The first-order valence-electron chi connectivity index (χ1n) is 3.79. The van der Waals surface area contributed by atoms with Crippen LogP contribution in [0.3, 0.4) is 0 Å². The molecule has 11 heavy (non-hydrogen) atoms. The van der Waals surface area contributed by atoms with Crippen LogP contribution in [0.4, 0.5) is 8.78 Å². The Morgan fingerprint density at radius 1 is 1.45 bits per heavy atom. The predicted molar refractivity (Wildman–Crippen MR) is 35.7 cm³/mol. The maximum absolute atomic E-state index is 13.0. The lowest BCUT2D eigenvalue weighted by Crippen LogP contribution is -2.46. The van der Waals surface area contributed by atoms with Gasteiger partial charge in [-0.1, -0.05) is 0 Å². The first-order chi connectivity index (χ1) is 5.11. The van der Waals surface area contributed by atoms with E-state index in [1.807, 2.05) is 0 Å². The van der Waals surface area contributed by atoms with Crippen molar-refractivity contribution in [2.75, 3.05) is 20.3 Å². The molecule has 0 saturated carbocycles. The molecule has 0 radical (unpaired) electrons. The molecule has 2 unspecified atom stereocenters. The van der Waals surface area contributed by atoms with Crippen LogP contribution in [-0.2, 0) is 4.74 Å². The molecule has 0 aromatic heterocycles. The summed E-state index contributed by atoms with van der Waals surface area (Å²) in [4.78, 5) is 1.74. The average molecular weight is 163 g/mol. The van der Waals surface area contributed by atoms with Gasteiger partial charge in [-0.15, -0.1) is 0 Å². The van der Waals surface area contributed by atoms with Crippen LogP contribution >= 0.6 is 0 Å². The van der Waals surface area contributed by atoms with Gasteiger partial charge in [0.15, 0.2) is 0 Å². The molecule has 2 rings (SSSR count). The van der Waals surface area contributed by atoms with Crippen molar-refractivity contribution in [3.8, 4) is 0 Å². The highest BCUT2D eigenvalue weighted by atomic mass is 19.3. The smallest absolute Gasteiger partial charge is 0.267 e. The molecule has 4 heteroatoms. The lowest BCUT2D eigenvalue weighted by Gasteiger charge is -2.31. The van der Waals surface area contributed by atoms with E-state index in [4.69, 9.17) is 4.74 Å². The molecule has 0 aromatic carbocycles. The summed E-state index contributed by atoms with van der Waals surface area (Å²) in [5.74, 6) is -2.53. The van der Waals surface area contributed by atoms with Gasteiger partial charge in [0, 0.05) is 12.5 Å². The first-order valence-corrected chi connectivity index (χ1v) is 3.79. The molecule has 0 amide bonds. The van der Waals surface area contributed by atoms with Gasteiger partial charge in [-0.3, -0.25) is 4.90 Å². The largest absolute Gasteiger partial charge is 0.378 e. The SMILES string of the molecule is CN1C2COCC1C(F)(F)C2. The molecule has 2 aliphatic rings. The molecular formula is C7H11F2NO. The number of halogens is 2. The topological polar surface area (TPSA) is 12.5 Å². The van der Waals surface area contributed by atoms with E-state index >= 15 is 0 Å². The Kier molecular flexibility index (Phi) is 1.44. The van der Waals surface area contributed by atoms with Crippen molar-refractivity contribution in [1.29, 1.82) is 0 Å². The van der Waals surface area contributed by atoms with Crippen LogP contribution in [0.2, 0.25) is 0 Å². The standard InChI is InChI=1S/C7H11F2NO/c1-10-5-2-7(8,9)6(10)4-11-3-5/h5-6H,2-4H2,1H3. The van der Waals surface area contributed by atoms with Crippen LogP contribution in [-0.4, -0.2) is 43.2 Å². The van der Waals surface area contributed by atoms with Crippen molar-refractivity contribution in [2.24, 2.45) is 0 Å². The second kappa shape index (κ2) is 2.14. The summed E-state index contributed by atoms with van der Waals surface area (Å²) in [5.41, 5.74) is 0. The Balaban J connectivity index is 2.23. The van der Waals surface area contributed by atoms with Gasteiger partial charge in [0.2, 0.25) is 0 Å². The van der Waals surface area contributed by atoms with Crippen molar-refractivity contribution >= 4 is 0 Å². The second-order valence-corrected chi connectivity index (χ2v) is 3.34. The molecular weight excluding hydrogens is 152 g/mol. The fraction of sp³-hybridized carbons (Fsp3) is 1.00. The minimum atomic E-state index is -2.53. The predicted octanol–water partition coefficient (Wildman–Crippen LogP) is 0.725. The average Bonchev–Trinajstić information content (AvgIpc) is 2.11. The number of hydrogen-bond acceptors (Lipinski definition) is 2. The van der Waals surface area contributed by atoms with Crippen LogP contribution in [0.25, 0.3) is 0 Å². The Morgan fingerprint density at radius 3 is 2.73 bits per heavy atom. The van der Waals surface area contributed by atoms with E-state index in [0.717, 1.165) is 0 Å². The first kappa shape index (κ1) is 7.43. The fourth-order valence-corrected chi connectivity index (χ4v) is 1.88. The van der Waals surface area contributed by atoms with Crippen LogP contribution in [0.1, 0.15) is 6.42 Å². The molecule has 2 atom stereocenters. The lowest BCUT2D eigenvalue weighted by molar-refractivity contribution is -0.0730. The molecule has 0 aromatic rings. The fourth-order valence-electron chi connectivity index (χ4n) is 1.88. The van der Waals surface area contributed by atoms with Gasteiger partial charge < -0.3 is 4.74 Å².